The molecular weight excluding hydrogens is 194 g/mol. The van der Waals surface area contributed by atoms with E-state index in [0.29, 0.717) is 5.02 Å². The number of nitrogen functional groups attached to an aromatic ring is 1. The summed E-state index contributed by atoms with van der Waals surface area (Å²) in [7, 11) is 0. The number of aliphatic hydroxyl groups is 1. The van der Waals surface area contributed by atoms with Crippen LogP contribution in [-0.2, 0) is 4.79 Å². The van der Waals surface area contributed by atoms with E-state index >= 15 is 0 Å². The molecule has 1 aromatic rings. The first-order valence-corrected chi connectivity index (χ1v) is 3.86. The second kappa shape index (κ2) is 3.64. The van der Waals surface area contributed by atoms with E-state index < -0.39 is 12.1 Å². The zero-order valence-electron chi connectivity index (χ0n) is 6.57. The highest BCUT2D eigenvalue weighted by Gasteiger charge is 2.18. The molecule has 0 radical (unpaired) electrons. The van der Waals surface area contributed by atoms with Gasteiger partial charge in [-0.2, -0.15) is 0 Å². The molecule has 0 fully saturated rings. The van der Waals surface area contributed by atoms with Crippen molar-refractivity contribution in [3.8, 4) is 0 Å². The molecular formula is C8H8ClNO3. The third-order valence-electron chi connectivity index (χ3n) is 1.58. The average molecular weight is 202 g/mol. The molecule has 0 heterocycles. The summed E-state index contributed by atoms with van der Waals surface area (Å²) in [6.45, 7) is 0. The van der Waals surface area contributed by atoms with Gasteiger partial charge in [-0.05, 0) is 12.1 Å². The molecule has 4 N–H and O–H groups in total. The van der Waals surface area contributed by atoms with Gasteiger partial charge in [0.1, 0.15) is 0 Å². The van der Waals surface area contributed by atoms with Gasteiger partial charge in [0, 0.05) is 16.3 Å². The molecule has 0 aliphatic heterocycles. The molecule has 0 aliphatic rings. The van der Waals surface area contributed by atoms with Crippen LogP contribution in [0.2, 0.25) is 5.02 Å². The lowest BCUT2D eigenvalue weighted by Gasteiger charge is -2.08. The molecule has 0 aliphatic carbocycles. The predicted molar refractivity (Wildman–Crippen MR) is 48.5 cm³/mol. The molecule has 0 bridgehead atoms. The van der Waals surface area contributed by atoms with E-state index in [1.807, 2.05) is 0 Å². The number of aliphatic carboxylic acids is 1. The average Bonchev–Trinajstić information content (AvgIpc) is 2.03. The van der Waals surface area contributed by atoms with Gasteiger partial charge in [-0.25, -0.2) is 4.79 Å². The van der Waals surface area contributed by atoms with E-state index in [4.69, 9.17) is 27.5 Å². The standard InChI is InChI=1S/C8H8ClNO3/c9-4-1-2-5(6(10)3-4)7(11)8(12)13/h1-3,7,11H,10H2,(H,12,13). The number of carboxylic acid groups (broad SMARTS) is 1. The second-order valence-electron chi connectivity index (χ2n) is 2.51. The fraction of sp³-hybridized carbons (Fsp3) is 0.125. The van der Waals surface area contributed by atoms with Crippen molar-refractivity contribution in [2.75, 3.05) is 5.73 Å². The Hall–Kier alpha value is -1.26. The van der Waals surface area contributed by atoms with Gasteiger partial charge < -0.3 is 15.9 Å². The Morgan fingerprint density at radius 1 is 1.54 bits per heavy atom. The van der Waals surface area contributed by atoms with E-state index in [2.05, 4.69) is 0 Å². The van der Waals surface area contributed by atoms with Crippen molar-refractivity contribution in [2.24, 2.45) is 0 Å². The van der Waals surface area contributed by atoms with Crippen molar-refractivity contribution in [2.45, 2.75) is 6.10 Å². The van der Waals surface area contributed by atoms with Crippen LogP contribution in [0.25, 0.3) is 0 Å². The number of hydrogen-bond donors (Lipinski definition) is 3. The van der Waals surface area contributed by atoms with Gasteiger partial charge in [0.15, 0.2) is 6.10 Å². The minimum Gasteiger partial charge on any atom is -0.479 e. The molecule has 13 heavy (non-hydrogen) atoms. The van der Waals surface area contributed by atoms with Crippen LogP contribution in [0.4, 0.5) is 5.69 Å². The van der Waals surface area contributed by atoms with Crippen LogP contribution in [0, 0.1) is 0 Å². The Balaban J connectivity index is 3.08. The summed E-state index contributed by atoms with van der Waals surface area (Å²) >= 11 is 5.59. The zero-order valence-corrected chi connectivity index (χ0v) is 7.32. The molecule has 1 unspecified atom stereocenters. The van der Waals surface area contributed by atoms with Gasteiger partial charge in [-0.15, -0.1) is 0 Å². The highest BCUT2D eigenvalue weighted by Crippen LogP contribution is 2.23. The number of carbonyl (C=O) groups is 1. The highest BCUT2D eigenvalue weighted by molar-refractivity contribution is 6.30. The van der Waals surface area contributed by atoms with Crippen LogP contribution >= 0.6 is 11.6 Å². The summed E-state index contributed by atoms with van der Waals surface area (Å²) in [6.07, 6.45) is -1.60. The molecule has 0 saturated carbocycles. The number of anilines is 1. The molecule has 4 nitrogen and oxygen atoms in total. The highest BCUT2D eigenvalue weighted by atomic mass is 35.5. The fourth-order valence-electron chi connectivity index (χ4n) is 0.928. The van der Waals surface area contributed by atoms with Crippen LogP contribution in [0.5, 0.6) is 0 Å². The Morgan fingerprint density at radius 3 is 2.62 bits per heavy atom. The third kappa shape index (κ3) is 2.11. The first kappa shape index (κ1) is 9.83. The van der Waals surface area contributed by atoms with Gasteiger partial charge in [0.05, 0.1) is 0 Å². The van der Waals surface area contributed by atoms with Crippen LogP contribution in [0.3, 0.4) is 0 Å². The quantitative estimate of drug-likeness (QED) is 0.625. The molecule has 1 aromatic carbocycles. The third-order valence-corrected chi connectivity index (χ3v) is 1.81. The molecule has 0 aromatic heterocycles. The number of benzene rings is 1. The maximum atomic E-state index is 10.4. The minimum absolute atomic E-state index is 0.150. The molecule has 0 amide bonds. The lowest BCUT2D eigenvalue weighted by molar-refractivity contribution is -0.146. The van der Waals surface area contributed by atoms with Crippen molar-refractivity contribution in [3.05, 3.63) is 28.8 Å². The van der Waals surface area contributed by atoms with Crippen molar-refractivity contribution in [3.63, 3.8) is 0 Å². The van der Waals surface area contributed by atoms with Crippen LogP contribution in [-0.4, -0.2) is 16.2 Å². The number of hydrogen-bond acceptors (Lipinski definition) is 3. The minimum atomic E-state index is -1.60. The monoisotopic (exact) mass is 201 g/mol. The summed E-state index contributed by atoms with van der Waals surface area (Å²) in [5.74, 6) is -1.34. The number of carboxylic acids is 1. The largest absolute Gasteiger partial charge is 0.479 e. The Morgan fingerprint density at radius 2 is 2.15 bits per heavy atom. The lowest BCUT2D eigenvalue weighted by atomic mass is 10.1. The Labute approximate surface area is 79.6 Å². The van der Waals surface area contributed by atoms with Gasteiger partial charge >= 0.3 is 5.97 Å². The molecule has 0 saturated heterocycles. The molecule has 1 rings (SSSR count). The molecule has 1 atom stereocenters. The SMILES string of the molecule is Nc1cc(Cl)ccc1C(O)C(=O)O. The molecule has 70 valence electrons. The topological polar surface area (TPSA) is 83.5 Å². The second-order valence-corrected chi connectivity index (χ2v) is 2.95. The van der Waals surface area contributed by atoms with E-state index in [1.54, 1.807) is 0 Å². The van der Waals surface area contributed by atoms with E-state index in [-0.39, 0.29) is 11.3 Å². The maximum absolute atomic E-state index is 10.4. The first-order chi connectivity index (χ1) is 6.02. The summed E-state index contributed by atoms with van der Waals surface area (Å²) in [5.41, 5.74) is 5.77. The first-order valence-electron chi connectivity index (χ1n) is 3.48. The van der Waals surface area contributed by atoms with Crippen molar-refractivity contribution < 1.29 is 15.0 Å². The lowest BCUT2D eigenvalue weighted by Crippen LogP contribution is -2.12. The predicted octanol–water partition coefficient (Wildman–Crippen LogP) is 1.04. The number of rotatable bonds is 2. The number of nitrogens with two attached hydrogens (primary N) is 1. The normalized spacial score (nSPS) is 12.5. The summed E-state index contributed by atoms with van der Waals surface area (Å²) < 4.78 is 0. The summed E-state index contributed by atoms with van der Waals surface area (Å²) in [4.78, 5) is 10.4. The Bertz CT molecular complexity index is 340. The summed E-state index contributed by atoms with van der Waals surface area (Å²) in [5, 5.41) is 18.0. The van der Waals surface area contributed by atoms with Gasteiger partial charge in [0.2, 0.25) is 0 Å². The van der Waals surface area contributed by atoms with Crippen LogP contribution in [0.1, 0.15) is 11.7 Å². The fourth-order valence-corrected chi connectivity index (χ4v) is 1.11. The van der Waals surface area contributed by atoms with Gasteiger partial charge in [0.25, 0.3) is 0 Å². The maximum Gasteiger partial charge on any atom is 0.337 e. The van der Waals surface area contributed by atoms with Crippen LogP contribution < -0.4 is 5.73 Å². The van der Waals surface area contributed by atoms with E-state index in [0.717, 1.165) is 0 Å². The number of halogens is 1. The van der Waals surface area contributed by atoms with Crippen LogP contribution in [0.15, 0.2) is 18.2 Å². The molecule has 0 spiro atoms. The zero-order chi connectivity index (χ0) is 10.0. The van der Waals surface area contributed by atoms with Crippen molar-refractivity contribution in [1.29, 1.82) is 0 Å². The van der Waals surface area contributed by atoms with Gasteiger partial charge in [-0.1, -0.05) is 17.7 Å². The van der Waals surface area contributed by atoms with E-state index in [9.17, 15) is 4.79 Å². The van der Waals surface area contributed by atoms with Gasteiger partial charge in [-0.3, -0.25) is 0 Å². The number of aliphatic hydroxyl groups excluding tert-OH is 1. The van der Waals surface area contributed by atoms with Crippen molar-refractivity contribution >= 4 is 23.3 Å². The van der Waals surface area contributed by atoms with E-state index in [1.165, 1.54) is 18.2 Å². The van der Waals surface area contributed by atoms with Crippen molar-refractivity contribution in [1.82, 2.24) is 0 Å². The Kier molecular flexibility index (Phi) is 2.75. The molecule has 5 heteroatoms. The smallest absolute Gasteiger partial charge is 0.337 e. The summed E-state index contributed by atoms with van der Waals surface area (Å²) in [6, 6.07) is 4.25.